The van der Waals surface area contributed by atoms with Gasteiger partial charge in [0.1, 0.15) is 0 Å². The molecule has 2 aromatic rings. The molecular weight excluding hydrogens is 326 g/mol. The third-order valence-corrected chi connectivity index (χ3v) is 6.46. The van der Waals surface area contributed by atoms with Gasteiger partial charge in [0.25, 0.3) is 0 Å². The Kier molecular flexibility index (Phi) is 5.43. The summed E-state index contributed by atoms with van der Waals surface area (Å²) in [6.07, 6.45) is 8.17. The van der Waals surface area contributed by atoms with Crippen molar-refractivity contribution in [3.63, 3.8) is 0 Å². The summed E-state index contributed by atoms with van der Waals surface area (Å²) in [6, 6.07) is 20.3. The lowest BCUT2D eigenvalue weighted by Crippen LogP contribution is -2.48. The quantitative estimate of drug-likeness (QED) is 0.639. The van der Waals surface area contributed by atoms with Gasteiger partial charge < -0.3 is 4.90 Å². The maximum atomic E-state index is 6.32. The van der Waals surface area contributed by atoms with Crippen molar-refractivity contribution in [1.29, 1.82) is 0 Å². The van der Waals surface area contributed by atoms with Gasteiger partial charge in [0.15, 0.2) is 0 Å². The molecule has 0 N–H and O–H groups in total. The van der Waals surface area contributed by atoms with Gasteiger partial charge in [-0.15, -0.1) is 0 Å². The number of rotatable bonds is 4. The molecule has 2 heterocycles. The smallest absolute Gasteiger partial charge is 0.0408 e. The highest BCUT2D eigenvalue weighted by Crippen LogP contribution is 2.39. The standard InChI is InChI=1S/C23H28ClN/c24-21-12-6-10-19(16-21)22(18-8-2-1-3-9-18)17-20-11-7-15-25-14-5-4-13-23(20)25/h1-3,6,8-10,12,16,20,22-23H,4-5,7,11,13-15,17H2/t20-,22?,23+/m0/s1. The van der Waals surface area contributed by atoms with Gasteiger partial charge in [-0.2, -0.15) is 0 Å². The Morgan fingerprint density at radius 3 is 2.52 bits per heavy atom. The fourth-order valence-corrected chi connectivity index (χ4v) is 5.23. The van der Waals surface area contributed by atoms with Crippen molar-refractivity contribution in [2.75, 3.05) is 13.1 Å². The molecular formula is C23H28ClN. The second kappa shape index (κ2) is 7.93. The molecule has 132 valence electrons. The topological polar surface area (TPSA) is 3.24 Å². The molecule has 4 rings (SSSR count). The molecule has 2 aliphatic heterocycles. The van der Waals surface area contributed by atoms with Crippen LogP contribution in [0.25, 0.3) is 0 Å². The molecule has 0 aliphatic carbocycles. The van der Waals surface area contributed by atoms with Gasteiger partial charge in [-0.05, 0) is 74.4 Å². The van der Waals surface area contributed by atoms with Crippen LogP contribution in [0.15, 0.2) is 54.6 Å². The highest BCUT2D eigenvalue weighted by atomic mass is 35.5. The minimum Gasteiger partial charge on any atom is -0.300 e. The number of fused-ring (bicyclic) bond motifs is 1. The predicted octanol–water partition coefficient (Wildman–Crippen LogP) is 6.13. The number of hydrogen-bond donors (Lipinski definition) is 0. The van der Waals surface area contributed by atoms with Gasteiger partial charge in [0.05, 0.1) is 0 Å². The summed E-state index contributed by atoms with van der Waals surface area (Å²) < 4.78 is 0. The Balaban J connectivity index is 1.62. The molecule has 0 radical (unpaired) electrons. The zero-order chi connectivity index (χ0) is 17.1. The van der Waals surface area contributed by atoms with Gasteiger partial charge in [0.2, 0.25) is 0 Å². The van der Waals surface area contributed by atoms with E-state index in [1.165, 1.54) is 62.7 Å². The van der Waals surface area contributed by atoms with Crippen LogP contribution in [0.1, 0.15) is 55.6 Å². The third kappa shape index (κ3) is 3.93. The maximum Gasteiger partial charge on any atom is 0.0408 e. The monoisotopic (exact) mass is 353 g/mol. The lowest BCUT2D eigenvalue weighted by molar-refractivity contribution is 0.0540. The Labute approximate surface area is 157 Å². The van der Waals surface area contributed by atoms with Crippen LogP contribution in [0, 0.1) is 5.92 Å². The van der Waals surface area contributed by atoms with E-state index in [2.05, 4.69) is 53.4 Å². The normalized spacial score (nSPS) is 25.3. The van der Waals surface area contributed by atoms with Crippen molar-refractivity contribution in [1.82, 2.24) is 4.90 Å². The predicted molar refractivity (Wildman–Crippen MR) is 106 cm³/mol. The molecule has 1 nitrogen and oxygen atoms in total. The molecule has 0 aromatic heterocycles. The van der Waals surface area contributed by atoms with E-state index in [1.54, 1.807) is 0 Å². The molecule has 1 unspecified atom stereocenters. The maximum absolute atomic E-state index is 6.32. The van der Waals surface area contributed by atoms with E-state index in [0.29, 0.717) is 5.92 Å². The molecule has 2 aromatic carbocycles. The van der Waals surface area contributed by atoms with Crippen molar-refractivity contribution in [3.8, 4) is 0 Å². The number of hydrogen-bond acceptors (Lipinski definition) is 1. The minimum absolute atomic E-state index is 0.451. The van der Waals surface area contributed by atoms with Crippen molar-refractivity contribution in [2.45, 2.75) is 50.5 Å². The van der Waals surface area contributed by atoms with Crippen LogP contribution in [0.5, 0.6) is 0 Å². The van der Waals surface area contributed by atoms with Crippen molar-refractivity contribution in [3.05, 3.63) is 70.7 Å². The first-order valence-corrected chi connectivity index (χ1v) is 10.2. The van der Waals surface area contributed by atoms with Crippen molar-refractivity contribution >= 4 is 11.6 Å². The average molecular weight is 354 g/mol. The Morgan fingerprint density at radius 2 is 1.68 bits per heavy atom. The minimum atomic E-state index is 0.451. The van der Waals surface area contributed by atoms with E-state index in [1.807, 2.05) is 6.07 Å². The van der Waals surface area contributed by atoms with Crippen molar-refractivity contribution < 1.29 is 0 Å². The molecule has 2 fully saturated rings. The lowest BCUT2D eigenvalue weighted by Gasteiger charge is -2.45. The molecule has 0 amide bonds. The fourth-order valence-electron chi connectivity index (χ4n) is 5.03. The van der Waals surface area contributed by atoms with E-state index in [9.17, 15) is 0 Å². The molecule has 25 heavy (non-hydrogen) atoms. The fraction of sp³-hybridized carbons (Fsp3) is 0.478. The highest BCUT2D eigenvalue weighted by molar-refractivity contribution is 6.30. The first-order chi connectivity index (χ1) is 12.3. The van der Waals surface area contributed by atoms with Crippen LogP contribution in [0.2, 0.25) is 5.02 Å². The highest BCUT2D eigenvalue weighted by Gasteiger charge is 2.34. The van der Waals surface area contributed by atoms with E-state index in [4.69, 9.17) is 11.6 Å². The van der Waals surface area contributed by atoms with Crippen LogP contribution in [-0.2, 0) is 0 Å². The molecule has 2 aliphatic rings. The molecule has 0 spiro atoms. The Morgan fingerprint density at radius 1 is 0.880 bits per heavy atom. The van der Waals surface area contributed by atoms with Gasteiger partial charge in [-0.3, -0.25) is 0 Å². The molecule has 0 saturated carbocycles. The second-order valence-corrected chi connectivity index (χ2v) is 8.19. The van der Waals surface area contributed by atoms with E-state index in [0.717, 1.165) is 17.0 Å². The summed E-state index contributed by atoms with van der Waals surface area (Å²) in [5.41, 5.74) is 2.80. The Hall–Kier alpha value is -1.31. The number of nitrogens with zero attached hydrogens (tertiary/aromatic N) is 1. The first-order valence-electron chi connectivity index (χ1n) is 9.86. The summed E-state index contributed by atoms with van der Waals surface area (Å²) in [4.78, 5) is 2.78. The van der Waals surface area contributed by atoms with E-state index in [-0.39, 0.29) is 0 Å². The molecule has 0 bridgehead atoms. The number of benzene rings is 2. The van der Waals surface area contributed by atoms with Crippen LogP contribution in [-0.4, -0.2) is 24.0 Å². The van der Waals surface area contributed by atoms with Crippen molar-refractivity contribution in [2.24, 2.45) is 5.92 Å². The van der Waals surface area contributed by atoms with E-state index >= 15 is 0 Å². The summed E-state index contributed by atoms with van der Waals surface area (Å²) >= 11 is 6.32. The van der Waals surface area contributed by atoms with Gasteiger partial charge >= 0.3 is 0 Å². The first kappa shape index (κ1) is 17.1. The van der Waals surface area contributed by atoms with Gasteiger partial charge in [-0.25, -0.2) is 0 Å². The average Bonchev–Trinajstić information content (AvgIpc) is 2.67. The van der Waals surface area contributed by atoms with Crippen LogP contribution >= 0.6 is 11.6 Å². The number of halogens is 1. The molecule has 3 atom stereocenters. The summed E-state index contributed by atoms with van der Waals surface area (Å²) in [7, 11) is 0. The van der Waals surface area contributed by atoms with Crippen LogP contribution in [0.4, 0.5) is 0 Å². The summed E-state index contributed by atoms with van der Waals surface area (Å²) in [5, 5.41) is 0.848. The zero-order valence-corrected chi connectivity index (χ0v) is 15.7. The summed E-state index contributed by atoms with van der Waals surface area (Å²) in [5.74, 6) is 1.25. The van der Waals surface area contributed by atoms with Crippen LogP contribution < -0.4 is 0 Å². The Bertz CT molecular complexity index is 682. The SMILES string of the molecule is Clc1cccc(C(C[C@@H]2CCCN3CCCC[C@H]23)c2ccccc2)c1. The van der Waals surface area contributed by atoms with Gasteiger partial charge in [0, 0.05) is 17.0 Å². The zero-order valence-electron chi connectivity index (χ0n) is 14.9. The van der Waals surface area contributed by atoms with E-state index < -0.39 is 0 Å². The molecule has 2 saturated heterocycles. The molecule has 2 heteroatoms. The van der Waals surface area contributed by atoms with Gasteiger partial charge in [-0.1, -0.05) is 60.5 Å². The second-order valence-electron chi connectivity index (χ2n) is 7.76. The summed E-state index contributed by atoms with van der Waals surface area (Å²) in [6.45, 7) is 2.63. The number of piperidine rings is 2. The third-order valence-electron chi connectivity index (χ3n) is 6.22. The lowest BCUT2D eigenvalue weighted by atomic mass is 9.75. The van der Waals surface area contributed by atoms with Crippen LogP contribution in [0.3, 0.4) is 0 Å². The largest absolute Gasteiger partial charge is 0.300 e.